The summed E-state index contributed by atoms with van der Waals surface area (Å²) in [4.78, 5) is 18.1. The van der Waals surface area contributed by atoms with E-state index >= 15 is 0 Å². The minimum atomic E-state index is -0.361. The molecule has 0 aliphatic carbocycles. The molecular weight excluding hydrogens is 358 g/mol. The smallest absolute Gasteiger partial charge is 0.346 e. The van der Waals surface area contributed by atoms with Gasteiger partial charge in [-0.15, -0.1) is 0 Å². The second-order valence-corrected chi connectivity index (χ2v) is 7.14. The zero-order valence-electron chi connectivity index (χ0n) is 15.4. The SMILES string of the molecule is O=c1oc2ccccc2c2nc3ccc4ccccc4c3c(-c3ccccc3)c12. The maximum atomic E-state index is 13.2. The van der Waals surface area contributed by atoms with Crippen LogP contribution < -0.4 is 5.63 Å². The lowest BCUT2D eigenvalue weighted by molar-refractivity contribution is 0.569. The van der Waals surface area contributed by atoms with E-state index in [-0.39, 0.29) is 5.63 Å². The third kappa shape index (κ3) is 2.31. The first-order chi connectivity index (χ1) is 14.3. The molecule has 2 heterocycles. The van der Waals surface area contributed by atoms with E-state index in [0.717, 1.165) is 38.2 Å². The van der Waals surface area contributed by atoms with Crippen LogP contribution in [0.3, 0.4) is 0 Å². The molecule has 3 nitrogen and oxygen atoms in total. The maximum Gasteiger partial charge on any atom is 0.346 e. The Labute approximate surface area is 165 Å². The summed E-state index contributed by atoms with van der Waals surface area (Å²) in [5.74, 6) is 0. The van der Waals surface area contributed by atoms with Gasteiger partial charge in [-0.3, -0.25) is 0 Å². The van der Waals surface area contributed by atoms with Gasteiger partial charge in [0, 0.05) is 16.3 Å². The molecule has 6 aromatic rings. The minimum Gasteiger partial charge on any atom is -0.422 e. The fourth-order valence-electron chi connectivity index (χ4n) is 4.23. The fourth-order valence-corrected chi connectivity index (χ4v) is 4.23. The van der Waals surface area contributed by atoms with Crippen LogP contribution in [-0.4, -0.2) is 4.98 Å². The molecule has 3 heteroatoms. The third-order valence-corrected chi connectivity index (χ3v) is 5.49. The van der Waals surface area contributed by atoms with E-state index in [1.807, 2.05) is 72.8 Å². The molecule has 136 valence electrons. The lowest BCUT2D eigenvalue weighted by atomic mass is 9.93. The zero-order chi connectivity index (χ0) is 19.4. The van der Waals surface area contributed by atoms with E-state index in [9.17, 15) is 4.79 Å². The Morgan fingerprint density at radius 2 is 1.38 bits per heavy atom. The summed E-state index contributed by atoms with van der Waals surface area (Å²) >= 11 is 0. The quantitative estimate of drug-likeness (QED) is 0.193. The van der Waals surface area contributed by atoms with E-state index in [1.54, 1.807) is 0 Å². The number of hydrogen-bond acceptors (Lipinski definition) is 3. The molecule has 0 spiro atoms. The Kier molecular flexibility index (Phi) is 3.32. The summed E-state index contributed by atoms with van der Waals surface area (Å²) in [5, 5.41) is 4.53. The molecule has 0 fully saturated rings. The van der Waals surface area contributed by atoms with Crippen LogP contribution in [0, 0.1) is 0 Å². The number of rotatable bonds is 1. The van der Waals surface area contributed by atoms with E-state index < -0.39 is 0 Å². The van der Waals surface area contributed by atoms with Gasteiger partial charge in [0.1, 0.15) is 5.58 Å². The minimum absolute atomic E-state index is 0.361. The summed E-state index contributed by atoms with van der Waals surface area (Å²) < 4.78 is 5.70. The average Bonchev–Trinajstić information content (AvgIpc) is 2.78. The highest BCUT2D eigenvalue weighted by Gasteiger charge is 2.19. The Hall–Kier alpha value is -3.98. The second kappa shape index (κ2) is 6.01. The van der Waals surface area contributed by atoms with Crippen LogP contribution in [0.1, 0.15) is 0 Å². The molecule has 4 aromatic carbocycles. The van der Waals surface area contributed by atoms with Crippen molar-refractivity contribution in [3.63, 3.8) is 0 Å². The molecule has 6 rings (SSSR count). The molecule has 0 bridgehead atoms. The number of benzene rings is 4. The summed E-state index contributed by atoms with van der Waals surface area (Å²) in [6.45, 7) is 0. The Balaban J connectivity index is 1.98. The highest BCUT2D eigenvalue weighted by Crippen LogP contribution is 2.39. The molecule has 0 atom stereocenters. The summed E-state index contributed by atoms with van der Waals surface area (Å²) in [5.41, 5.74) is 3.59. The normalized spacial score (nSPS) is 11.6. The molecule has 0 saturated heterocycles. The van der Waals surface area contributed by atoms with Gasteiger partial charge in [0.05, 0.1) is 16.4 Å². The van der Waals surface area contributed by atoms with Crippen molar-refractivity contribution in [2.75, 3.05) is 0 Å². The van der Waals surface area contributed by atoms with Gasteiger partial charge in [0.15, 0.2) is 0 Å². The first kappa shape index (κ1) is 16.0. The van der Waals surface area contributed by atoms with Crippen LogP contribution in [0.5, 0.6) is 0 Å². The molecule has 2 aromatic heterocycles. The molecule has 0 unspecified atom stereocenters. The van der Waals surface area contributed by atoms with Crippen LogP contribution in [-0.2, 0) is 0 Å². The van der Waals surface area contributed by atoms with Gasteiger partial charge >= 0.3 is 5.63 Å². The predicted molar refractivity (Wildman–Crippen MR) is 118 cm³/mol. The molecule has 29 heavy (non-hydrogen) atoms. The highest BCUT2D eigenvalue weighted by molar-refractivity contribution is 6.22. The van der Waals surface area contributed by atoms with Crippen molar-refractivity contribution in [2.24, 2.45) is 0 Å². The predicted octanol–water partition coefficient (Wildman–Crippen LogP) is 6.31. The monoisotopic (exact) mass is 373 g/mol. The Bertz CT molecular complexity index is 1620. The van der Waals surface area contributed by atoms with Gasteiger partial charge in [-0.2, -0.15) is 0 Å². The molecule has 0 aliphatic heterocycles. The van der Waals surface area contributed by atoms with Gasteiger partial charge in [-0.05, 0) is 34.5 Å². The van der Waals surface area contributed by atoms with Gasteiger partial charge in [0.2, 0.25) is 0 Å². The summed E-state index contributed by atoms with van der Waals surface area (Å²) in [7, 11) is 0. The average molecular weight is 373 g/mol. The van der Waals surface area contributed by atoms with Crippen molar-refractivity contribution >= 4 is 43.5 Å². The van der Waals surface area contributed by atoms with Crippen LogP contribution in [0.25, 0.3) is 54.7 Å². The van der Waals surface area contributed by atoms with Crippen molar-refractivity contribution in [2.45, 2.75) is 0 Å². The van der Waals surface area contributed by atoms with E-state index in [1.165, 1.54) is 0 Å². The largest absolute Gasteiger partial charge is 0.422 e. The van der Waals surface area contributed by atoms with Crippen molar-refractivity contribution in [1.29, 1.82) is 0 Å². The van der Waals surface area contributed by atoms with Gasteiger partial charge in [-0.1, -0.05) is 72.8 Å². The Morgan fingerprint density at radius 1 is 0.655 bits per heavy atom. The lowest BCUT2D eigenvalue weighted by Gasteiger charge is -2.14. The number of fused-ring (bicyclic) bond motifs is 6. The lowest BCUT2D eigenvalue weighted by Crippen LogP contribution is -2.04. The van der Waals surface area contributed by atoms with E-state index in [4.69, 9.17) is 9.40 Å². The molecule has 0 amide bonds. The van der Waals surface area contributed by atoms with Crippen molar-refractivity contribution in [1.82, 2.24) is 4.98 Å². The molecule has 0 aliphatic rings. The van der Waals surface area contributed by atoms with Gasteiger partial charge < -0.3 is 4.42 Å². The van der Waals surface area contributed by atoms with Gasteiger partial charge in [0.25, 0.3) is 0 Å². The molecule has 0 radical (unpaired) electrons. The molecule has 0 saturated carbocycles. The third-order valence-electron chi connectivity index (χ3n) is 5.49. The van der Waals surface area contributed by atoms with Crippen LogP contribution in [0.15, 0.2) is 100 Å². The standard InChI is InChI=1S/C26H15NO2/c28-26-24-22(17-9-2-1-3-10-17)23-18-11-5-4-8-16(18)14-15-20(23)27-25(24)19-12-6-7-13-21(19)29-26/h1-15H. The highest BCUT2D eigenvalue weighted by atomic mass is 16.4. The molecule has 0 N–H and O–H groups in total. The number of para-hydroxylation sites is 1. The number of hydrogen-bond donors (Lipinski definition) is 0. The van der Waals surface area contributed by atoms with Crippen LogP contribution >= 0.6 is 0 Å². The van der Waals surface area contributed by atoms with Crippen LogP contribution in [0.2, 0.25) is 0 Å². The van der Waals surface area contributed by atoms with Crippen molar-refractivity contribution < 1.29 is 4.42 Å². The summed E-state index contributed by atoms with van der Waals surface area (Å²) in [6, 6.07) is 29.9. The number of nitrogens with zero attached hydrogens (tertiary/aromatic N) is 1. The van der Waals surface area contributed by atoms with E-state index in [2.05, 4.69) is 18.2 Å². The Morgan fingerprint density at radius 3 is 2.24 bits per heavy atom. The van der Waals surface area contributed by atoms with Gasteiger partial charge in [-0.25, -0.2) is 9.78 Å². The first-order valence-corrected chi connectivity index (χ1v) is 9.54. The van der Waals surface area contributed by atoms with Crippen LogP contribution in [0.4, 0.5) is 0 Å². The number of aromatic nitrogens is 1. The topological polar surface area (TPSA) is 43.1 Å². The van der Waals surface area contributed by atoms with Crippen molar-refractivity contribution in [3.05, 3.63) is 101 Å². The van der Waals surface area contributed by atoms with Crippen molar-refractivity contribution in [3.8, 4) is 11.1 Å². The second-order valence-electron chi connectivity index (χ2n) is 7.14. The number of pyridine rings is 1. The first-order valence-electron chi connectivity index (χ1n) is 9.54. The maximum absolute atomic E-state index is 13.2. The zero-order valence-corrected chi connectivity index (χ0v) is 15.4. The molecular formula is C26H15NO2. The summed E-state index contributed by atoms with van der Waals surface area (Å²) in [6.07, 6.45) is 0. The fraction of sp³-hybridized carbons (Fsp3) is 0. The van der Waals surface area contributed by atoms with E-state index in [0.29, 0.717) is 16.5 Å².